The van der Waals surface area contributed by atoms with Crippen LogP contribution in [0.2, 0.25) is 0 Å². The first kappa shape index (κ1) is 13.8. The molecule has 0 amide bonds. The third kappa shape index (κ3) is 2.69. The van der Waals surface area contributed by atoms with Crippen LogP contribution in [-0.4, -0.2) is 0 Å². The van der Waals surface area contributed by atoms with Crippen molar-refractivity contribution in [3.63, 3.8) is 0 Å². The molecule has 1 nitrogen and oxygen atoms in total. The summed E-state index contributed by atoms with van der Waals surface area (Å²) in [4.78, 5) is 0. The fraction of sp³-hybridized carbons (Fsp3) is 0.294. The van der Waals surface area contributed by atoms with Crippen molar-refractivity contribution >= 4 is 0 Å². The average Bonchev–Trinajstić information content (AvgIpc) is 2.26. The van der Waals surface area contributed by atoms with Crippen molar-refractivity contribution in [2.75, 3.05) is 0 Å². The van der Waals surface area contributed by atoms with Gasteiger partial charge in [0.05, 0.1) is 6.04 Å². The quantitative estimate of drug-likeness (QED) is 0.861. The summed E-state index contributed by atoms with van der Waals surface area (Å²) in [7, 11) is 0. The van der Waals surface area contributed by atoms with Crippen molar-refractivity contribution < 1.29 is 4.39 Å². The molecule has 0 saturated carbocycles. The molecule has 2 N–H and O–H groups in total. The minimum atomic E-state index is -0.416. The fourth-order valence-corrected chi connectivity index (χ4v) is 2.65. The van der Waals surface area contributed by atoms with Gasteiger partial charge >= 0.3 is 0 Å². The molecule has 0 heterocycles. The highest BCUT2D eigenvalue weighted by atomic mass is 19.1. The summed E-state index contributed by atoms with van der Waals surface area (Å²) in [6.45, 7) is 7.86. The van der Waals surface area contributed by atoms with E-state index in [4.69, 9.17) is 5.73 Å². The van der Waals surface area contributed by atoms with Gasteiger partial charge in [-0.2, -0.15) is 0 Å². The van der Waals surface area contributed by atoms with Crippen LogP contribution in [0.15, 0.2) is 30.3 Å². The average molecular weight is 257 g/mol. The Morgan fingerprint density at radius 3 is 2.11 bits per heavy atom. The molecule has 0 bridgehead atoms. The number of hydrogen-bond acceptors (Lipinski definition) is 1. The van der Waals surface area contributed by atoms with Crippen LogP contribution >= 0.6 is 0 Å². The van der Waals surface area contributed by atoms with E-state index in [1.807, 2.05) is 45.9 Å². The van der Waals surface area contributed by atoms with Crippen molar-refractivity contribution in [3.05, 3.63) is 69.5 Å². The Bertz CT molecular complexity index is 594. The first-order valence-electron chi connectivity index (χ1n) is 6.49. The molecule has 2 aromatic carbocycles. The Labute approximate surface area is 114 Å². The topological polar surface area (TPSA) is 26.0 Å². The van der Waals surface area contributed by atoms with E-state index in [-0.39, 0.29) is 5.82 Å². The maximum atomic E-state index is 14.2. The standard InChI is InChI=1S/C17H20FN/c1-10-5-6-14(12(3)7-10)17(19)16-13(4)8-11(2)9-15(16)18/h5-9,17H,19H2,1-4H3. The Balaban J connectivity index is 2.53. The van der Waals surface area contributed by atoms with Gasteiger partial charge in [-0.1, -0.05) is 29.8 Å². The lowest BCUT2D eigenvalue weighted by Crippen LogP contribution is -2.16. The Hall–Kier alpha value is -1.67. The van der Waals surface area contributed by atoms with Crippen LogP contribution < -0.4 is 5.73 Å². The third-order valence-corrected chi connectivity index (χ3v) is 3.55. The van der Waals surface area contributed by atoms with Gasteiger partial charge in [0.15, 0.2) is 0 Å². The third-order valence-electron chi connectivity index (χ3n) is 3.55. The monoisotopic (exact) mass is 257 g/mol. The zero-order valence-electron chi connectivity index (χ0n) is 11.9. The molecule has 100 valence electrons. The van der Waals surface area contributed by atoms with Gasteiger partial charge in [0.2, 0.25) is 0 Å². The molecule has 0 aliphatic rings. The van der Waals surface area contributed by atoms with E-state index in [2.05, 4.69) is 6.07 Å². The van der Waals surface area contributed by atoms with E-state index in [0.29, 0.717) is 5.56 Å². The number of halogens is 1. The van der Waals surface area contributed by atoms with Crippen LogP contribution in [0.4, 0.5) is 4.39 Å². The number of hydrogen-bond donors (Lipinski definition) is 1. The van der Waals surface area contributed by atoms with Crippen LogP contribution in [0.5, 0.6) is 0 Å². The van der Waals surface area contributed by atoms with Gasteiger partial charge < -0.3 is 5.73 Å². The molecule has 2 heteroatoms. The normalized spacial score (nSPS) is 12.5. The maximum absolute atomic E-state index is 14.2. The molecule has 0 aliphatic heterocycles. The van der Waals surface area contributed by atoms with E-state index < -0.39 is 6.04 Å². The largest absolute Gasteiger partial charge is 0.320 e. The number of nitrogens with two attached hydrogens (primary N) is 1. The van der Waals surface area contributed by atoms with Gasteiger partial charge in [0.1, 0.15) is 5.82 Å². The lowest BCUT2D eigenvalue weighted by molar-refractivity contribution is 0.595. The van der Waals surface area contributed by atoms with Gasteiger partial charge in [-0.3, -0.25) is 0 Å². The zero-order chi connectivity index (χ0) is 14.2. The first-order chi connectivity index (χ1) is 8.90. The van der Waals surface area contributed by atoms with Gasteiger partial charge in [-0.15, -0.1) is 0 Å². The molecule has 0 aliphatic carbocycles. The molecular weight excluding hydrogens is 237 g/mol. The van der Waals surface area contributed by atoms with Crippen LogP contribution in [0.25, 0.3) is 0 Å². The smallest absolute Gasteiger partial charge is 0.128 e. The van der Waals surface area contributed by atoms with E-state index >= 15 is 0 Å². The van der Waals surface area contributed by atoms with E-state index in [9.17, 15) is 4.39 Å². The van der Waals surface area contributed by atoms with Gasteiger partial charge in [0, 0.05) is 5.56 Å². The van der Waals surface area contributed by atoms with Gasteiger partial charge in [-0.05, 0) is 56.0 Å². The maximum Gasteiger partial charge on any atom is 0.128 e. The van der Waals surface area contributed by atoms with Crippen LogP contribution in [0, 0.1) is 33.5 Å². The summed E-state index contributed by atoms with van der Waals surface area (Å²) in [5.74, 6) is -0.218. The second-order valence-electron chi connectivity index (χ2n) is 5.32. The van der Waals surface area contributed by atoms with Crippen molar-refractivity contribution in [2.45, 2.75) is 33.7 Å². The lowest BCUT2D eigenvalue weighted by atomic mass is 9.91. The molecule has 0 fully saturated rings. The van der Waals surface area contributed by atoms with Crippen molar-refractivity contribution in [1.29, 1.82) is 0 Å². The second-order valence-corrected chi connectivity index (χ2v) is 5.32. The summed E-state index contributed by atoms with van der Waals surface area (Å²) in [5, 5.41) is 0. The molecule has 1 atom stereocenters. The van der Waals surface area contributed by atoms with Crippen molar-refractivity contribution in [2.24, 2.45) is 5.73 Å². The SMILES string of the molecule is Cc1ccc(C(N)c2c(C)cc(C)cc2F)c(C)c1. The van der Waals surface area contributed by atoms with E-state index in [0.717, 1.165) is 22.3 Å². The minimum Gasteiger partial charge on any atom is -0.320 e. The van der Waals surface area contributed by atoms with Crippen molar-refractivity contribution in [1.82, 2.24) is 0 Å². The lowest BCUT2D eigenvalue weighted by Gasteiger charge is -2.19. The predicted molar refractivity (Wildman–Crippen MR) is 77.8 cm³/mol. The highest BCUT2D eigenvalue weighted by molar-refractivity contribution is 5.43. The Kier molecular flexibility index (Phi) is 3.72. The van der Waals surface area contributed by atoms with E-state index in [1.54, 1.807) is 6.07 Å². The number of aryl methyl sites for hydroxylation is 4. The van der Waals surface area contributed by atoms with Gasteiger partial charge in [0.25, 0.3) is 0 Å². The highest BCUT2D eigenvalue weighted by Crippen LogP contribution is 2.28. The number of rotatable bonds is 2. The summed E-state index contributed by atoms with van der Waals surface area (Å²) in [6.07, 6.45) is 0. The molecular formula is C17H20FN. The summed E-state index contributed by atoms with van der Waals surface area (Å²) < 4.78 is 14.2. The molecule has 1 unspecified atom stereocenters. The first-order valence-corrected chi connectivity index (χ1v) is 6.49. The molecule has 2 rings (SSSR count). The molecule has 0 saturated heterocycles. The van der Waals surface area contributed by atoms with E-state index in [1.165, 1.54) is 5.56 Å². The minimum absolute atomic E-state index is 0.218. The van der Waals surface area contributed by atoms with Crippen LogP contribution in [0.1, 0.15) is 39.4 Å². The second kappa shape index (κ2) is 5.14. The van der Waals surface area contributed by atoms with Gasteiger partial charge in [-0.25, -0.2) is 4.39 Å². The fourth-order valence-electron chi connectivity index (χ4n) is 2.65. The summed E-state index contributed by atoms with van der Waals surface area (Å²) in [5.41, 5.74) is 12.0. The molecule has 0 aromatic heterocycles. The molecule has 0 spiro atoms. The Morgan fingerprint density at radius 2 is 1.53 bits per heavy atom. The van der Waals surface area contributed by atoms with Crippen LogP contribution in [-0.2, 0) is 0 Å². The molecule has 19 heavy (non-hydrogen) atoms. The predicted octanol–water partition coefficient (Wildman–Crippen LogP) is 4.11. The zero-order valence-corrected chi connectivity index (χ0v) is 11.9. The van der Waals surface area contributed by atoms with Crippen molar-refractivity contribution in [3.8, 4) is 0 Å². The number of benzene rings is 2. The highest BCUT2D eigenvalue weighted by Gasteiger charge is 2.18. The summed E-state index contributed by atoms with van der Waals surface area (Å²) in [6, 6.07) is 9.20. The molecule has 2 aromatic rings. The molecule has 0 radical (unpaired) electrons. The summed E-state index contributed by atoms with van der Waals surface area (Å²) >= 11 is 0. The van der Waals surface area contributed by atoms with Crippen LogP contribution in [0.3, 0.4) is 0 Å². The Morgan fingerprint density at radius 1 is 0.895 bits per heavy atom.